The molecule has 5 heteroatoms. The number of benzene rings is 2. The largest absolute Gasteiger partial charge is 0.495 e. The number of nitrogens with zero attached hydrogens (tertiary/aromatic N) is 1. The first-order valence-corrected chi connectivity index (χ1v) is 7.65. The van der Waals surface area contributed by atoms with Crippen molar-refractivity contribution in [2.45, 2.75) is 26.2 Å². The second-order valence-electron chi connectivity index (χ2n) is 6.31. The number of carbonyl (C=O) groups excluding carboxylic acids is 1. The van der Waals surface area contributed by atoms with Gasteiger partial charge >= 0.3 is 6.09 Å². The Morgan fingerprint density at radius 2 is 1.75 bits per heavy atom. The Labute approximate surface area is 142 Å². The highest BCUT2D eigenvalue weighted by Crippen LogP contribution is 2.23. The van der Waals surface area contributed by atoms with Crippen LogP contribution in [0.2, 0.25) is 0 Å². The number of hydrogen-bond donors (Lipinski definition) is 1. The van der Waals surface area contributed by atoms with Gasteiger partial charge in [0, 0.05) is 0 Å². The van der Waals surface area contributed by atoms with Crippen LogP contribution in [0.5, 0.6) is 5.75 Å². The van der Waals surface area contributed by atoms with E-state index in [9.17, 15) is 4.79 Å². The van der Waals surface area contributed by atoms with Gasteiger partial charge in [-0.2, -0.15) is 0 Å². The maximum Gasteiger partial charge on any atom is 0.437 e. The molecule has 24 heavy (non-hydrogen) atoms. The lowest BCUT2D eigenvalue weighted by molar-refractivity contribution is 0.167. The fourth-order valence-corrected chi connectivity index (χ4v) is 2.08. The quantitative estimate of drug-likeness (QED) is 0.508. The molecule has 0 atom stereocenters. The van der Waals surface area contributed by atoms with Crippen molar-refractivity contribution in [3.8, 4) is 5.75 Å². The van der Waals surface area contributed by atoms with Crippen LogP contribution in [0.4, 0.5) is 10.5 Å². The predicted octanol–water partition coefficient (Wildman–Crippen LogP) is 4.58. The first-order chi connectivity index (χ1) is 11.4. The average molecular weight is 326 g/mol. The summed E-state index contributed by atoms with van der Waals surface area (Å²) in [5, 5.41) is 6.28. The van der Waals surface area contributed by atoms with Crippen LogP contribution in [0, 0.1) is 0 Å². The molecular formula is C19H22N2O3. The maximum absolute atomic E-state index is 11.8. The molecule has 0 fully saturated rings. The molecule has 0 radical (unpaired) electrons. The van der Waals surface area contributed by atoms with Gasteiger partial charge in [0.25, 0.3) is 0 Å². The monoisotopic (exact) mass is 326 g/mol. The van der Waals surface area contributed by atoms with E-state index in [1.54, 1.807) is 18.2 Å². The van der Waals surface area contributed by atoms with Crippen molar-refractivity contribution in [2.24, 2.45) is 5.16 Å². The highest BCUT2D eigenvalue weighted by Gasteiger charge is 2.12. The van der Waals surface area contributed by atoms with Gasteiger partial charge in [-0.1, -0.05) is 62.3 Å². The van der Waals surface area contributed by atoms with Crippen LogP contribution in [0.1, 0.15) is 31.9 Å². The Bertz CT molecular complexity index is 716. The second kappa shape index (κ2) is 7.64. The molecule has 2 aromatic carbocycles. The van der Waals surface area contributed by atoms with E-state index >= 15 is 0 Å². The molecule has 0 unspecified atom stereocenters. The average Bonchev–Trinajstić information content (AvgIpc) is 2.55. The molecule has 0 bridgehead atoms. The number of oxime groups is 1. The molecule has 0 saturated heterocycles. The maximum atomic E-state index is 11.8. The first-order valence-electron chi connectivity index (χ1n) is 7.65. The number of hydrogen-bond acceptors (Lipinski definition) is 4. The van der Waals surface area contributed by atoms with Crippen LogP contribution in [-0.4, -0.2) is 19.4 Å². The number of methoxy groups -OCH3 is 1. The van der Waals surface area contributed by atoms with Crippen LogP contribution in [0.3, 0.4) is 0 Å². The smallest absolute Gasteiger partial charge is 0.437 e. The Hall–Kier alpha value is -2.82. The van der Waals surface area contributed by atoms with Crippen LogP contribution in [0.15, 0.2) is 53.7 Å². The third-order valence-corrected chi connectivity index (χ3v) is 3.46. The van der Waals surface area contributed by atoms with E-state index in [1.807, 2.05) is 30.3 Å². The summed E-state index contributed by atoms with van der Waals surface area (Å²) < 4.78 is 5.15. The molecule has 5 nitrogen and oxygen atoms in total. The standard InChI is InChI=1S/C19H22N2O3/c1-19(2,3)15-11-9-14(10-12-15)13-20-24-18(22)21-16-7-5-6-8-17(16)23-4/h5-13H,1-4H3,(H,21,22). The minimum absolute atomic E-state index is 0.0980. The molecule has 2 aromatic rings. The van der Waals surface area contributed by atoms with Crippen LogP contribution >= 0.6 is 0 Å². The molecule has 1 N–H and O–H groups in total. The zero-order valence-electron chi connectivity index (χ0n) is 14.4. The molecule has 0 aliphatic heterocycles. The molecule has 0 heterocycles. The van der Waals surface area contributed by atoms with E-state index in [2.05, 4.69) is 31.2 Å². The molecular weight excluding hydrogens is 304 g/mol. The molecule has 0 aliphatic rings. The topological polar surface area (TPSA) is 59.9 Å². The van der Waals surface area contributed by atoms with Gasteiger partial charge in [-0.25, -0.2) is 4.79 Å². The van der Waals surface area contributed by atoms with Gasteiger partial charge in [-0.3, -0.25) is 10.2 Å². The Morgan fingerprint density at radius 1 is 1.08 bits per heavy atom. The number of nitrogens with one attached hydrogen (secondary N) is 1. The van der Waals surface area contributed by atoms with Crippen molar-refractivity contribution in [3.63, 3.8) is 0 Å². The Balaban J connectivity index is 1.92. The van der Waals surface area contributed by atoms with Crippen LogP contribution in [0.25, 0.3) is 0 Å². The van der Waals surface area contributed by atoms with E-state index in [0.717, 1.165) is 5.56 Å². The van der Waals surface area contributed by atoms with Crippen molar-refractivity contribution < 1.29 is 14.4 Å². The van der Waals surface area contributed by atoms with Crippen molar-refractivity contribution in [2.75, 3.05) is 12.4 Å². The molecule has 2 rings (SSSR count). The molecule has 126 valence electrons. The minimum Gasteiger partial charge on any atom is -0.495 e. The zero-order chi connectivity index (χ0) is 17.6. The number of ether oxygens (including phenoxy) is 1. The normalized spacial score (nSPS) is 11.3. The number of rotatable bonds is 4. The predicted molar refractivity (Wildman–Crippen MR) is 95.8 cm³/mol. The summed E-state index contributed by atoms with van der Waals surface area (Å²) in [6.07, 6.45) is 0.816. The summed E-state index contributed by atoms with van der Waals surface area (Å²) in [6.45, 7) is 6.46. The van der Waals surface area contributed by atoms with Gasteiger partial charge in [0.1, 0.15) is 5.75 Å². The third-order valence-electron chi connectivity index (χ3n) is 3.46. The summed E-state index contributed by atoms with van der Waals surface area (Å²) in [5.41, 5.74) is 2.71. The number of anilines is 1. The number of carbonyl (C=O) groups is 1. The zero-order valence-corrected chi connectivity index (χ0v) is 14.4. The van der Waals surface area contributed by atoms with E-state index in [-0.39, 0.29) is 5.41 Å². The van der Waals surface area contributed by atoms with E-state index in [4.69, 9.17) is 9.57 Å². The van der Waals surface area contributed by atoms with E-state index < -0.39 is 6.09 Å². The van der Waals surface area contributed by atoms with Crippen molar-refractivity contribution in [1.29, 1.82) is 0 Å². The summed E-state index contributed by atoms with van der Waals surface area (Å²) in [4.78, 5) is 16.6. The fourth-order valence-electron chi connectivity index (χ4n) is 2.08. The SMILES string of the molecule is COc1ccccc1NC(=O)ON=Cc1ccc(C(C)(C)C)cc1. The Morgan fingerprint density at radius 3 is 2.38 bits per heavy atom. The third kappa shape index (κ3) is 4.84. The van der Waals surface area contributed by atoms with Crippen LogP contribution in [-0.2, 0) is 10.3 Å². The number of amides is 1. The highest BCUT2D eigenvalue weighted by molar-refractivity contribution is 5.87. The van der Waals surface area contributed by atoms with E-state index in [1.165, 1.54) is 18.9 Å². The second-order valence-corrected chi connectivity index (χ2v) is 6.31. The first kappa shape index (κ1) is 17.5. The van der Waals surface area contributed by atoms with Crippen molar-refractivity contribution >= 4 is 18.0 Å². The van der Waals surface area contributed by atoms with Crippen LogP contribution < -0.4 is 10.1 Å². The minimum atomic E-state index is -0.679. The molecule has 0 saturated carbocycles. The molecule has 0 aromatic heterocycles. The van der Waals surface area contributed by atoms with Crippen molar-refractivity contribution in [1.82, 2.24) is 0 Å². The molecule has 0 aliphatic carbocycles. The van der Waals surface area contributed by atoms with Gasteiger partial charge in [-0.05, 0) is 28.7 Å². The molecule has 1 amide bonds. The van der Waals surface area contributed by atoms with Gasteiger partial charge in [0.05, 0.1) is 19.0 Å². The van der Waals surface area contributed by atoms with E-state index in [0.29, 0.717) is 11.4 Å². The van der Waals surface area contributed by atoms with Crippen molar-refractivity contribution in [3.05, 3.63) is 59.7 Å². The summed E-state index contributed by atoms with van der Waals surface area (Å²) in [6, 6.07) is 15.0. The van der Waals surface area contributed by atoms with Gasteiger partial charge in [0.2, 0.25) is 0 Å². The number of para-hydroxylation sites is 2. The summed E-state index contributed by atoms with van der Waals surface area (Å²) in [7, 11) is 1.53. The Kier molecular flexibility index (Phi) is 5.58. The van der Waals surface area contributed by atoms with Gasteiger partial charge in [-0.15, -0.1) is 0 Å². The summed E-state index contributed by atoms with van der Waals surface area (Å²) >= 11 is 0. The highest BCUT2D eigenvalue weighted by atomic mass is 16.7. The summed E-state index contributed by atoms with van der Waals surface area (Å²) in [5.74, 6) is 0.552. The van der Waals surface area contributed by atoms with Gasteiger partial charge in [0.15, 0.2) is 0 Å². The lowest BCUT2D eigenvalue weighted by Gasteiger charge is -2.18. The lowest BCUT2D eigenvalue weighted by Crippen LogP contribution is -2.12. The van der Waals surface area contributed by atoms with Gasteiger partial charge < -0.3 is 4.74 Å². The fraction of sp³-hybridized carbons (Fsp3) is 0.263. The molecule has 0 spiro atoms. The lowest BCUT2D eigenvalue weighted by atomic mass is 9.87.